The first-order chi connectivity index (χ1) is 16.2. The summed E-state index contributed by atoms with van der Waals surface area (Å²) in [4.78, 5) is 31.4. The molecule has 2 amide bonds. The summed E-state index contributed by atoms with van der Waals surface area (Å²) in [5.41, 5.74) is 0.543. The summed E-state index contributed by atoms with van der Waals surface area (Å²) >= 11 is 0. The highest BCUT2D eigenvalue weighted by atomic mass is 16.5. The standard InChI is InChI=1S/C26H37N3O4/c30-25-23-18-28(19-7-2-1-3-8-19)14-15-29(23)26(31)22-11-4-5-12-24(22)32-16-13-20-9-6-10-21(33-20)17-27-25/h4-5,11-12,19-21,23H,1-3,6-10,13-18H2,(H,27,30)/t20-,21-,23-/m0/s1. The highest BCUT2D eigenvalue weighted by molar-refractivity contribution is 6.00. The van der Waals surface area contributed by atoms with Crippen molar-refractivity contribution >= 4 is 11.8 Å². The Morgan fingerprint density at radius 2 is 1.70 bits per heavy atom. The molecule has 0 aromatic heterocycles. The van der Waals surface area contributed by atoms with Crippen molar-refractivity contribution in [1.82, 2.24) is 15.1 Å². The summed E-state index contributed by atoms with van der Waals surface area (Å²) in [7, 11) is 0. The molecule has 1 saturated carbocycles. The zero-order valence-corrected chi connectivity index (χ0v) is 19.5. The van der Waals surface area contributed by atoms with E-state index in [0.29, 0.717) is 43.6 Å². The Morgan fingerprint density at radius 1 is 0.879 bits per heavy atom. The van der Waals surface area contributed by atoms with E-state index >= 15 is 0 Å². The maximum absolute atomic E-state index is 13.7. The normalized spacial score (nSPS) is 30.4. The van der Waals surface area contributed by atoms with E-state index in [1.165, 1.54) is 32.1 Å². The Hall–Kier alpha value is -2.12. The second-order valence-electron chi connectivity index (χ2n) is 9.99. The highest BCUT2D eigenvalue weighted by Gasteiger charge is 2.39. The van der Waals surface area contributed by atoms with Crippen molar-refractivity contribution in [2.24, 2.45) is 0 Å². The Balaban J connectivity index is 1.41. The van der Waals surface area contributed by atoms with E-state index in [1.807, 2.05) is 24.3 Å². The maximum Gasteiger partial charge on any atom is 0.258 e. The molecule has 0 spiro atoms. The second-order valence-corrected chi connectivity index (χ2v) is 9.99. The van der Waals surface area contributed by atoms with E-state index in [9.17, 15) is 9.59 Å². The third-order valence-electron chi connectivity index (χ3n) is 7.82. The lowest BCUT2D eigenvalue weighted by atomic mass is 9.93. The van der Waals surface area contributed by atoms with Crippen LogP contribution in [0.5, 0.6) is 5.75 Å². The summed E-state index contributed by atoms with van der Waals surface area (Å²) < 4.78 is 12.3. The summed E-state index contributed by atoms with van der Waals surface area (Å²) in [5, 5.41) is 3.14. The van der Waals surface area contributed by atoms with Crippen LogP contribution in [0.1, 0.15) is 68.1 Å². The van der Waals surface area contributed by atoms with Crippen LogP contribution >= 0.6 is 0 Å². The highest BCUT2D eigenvalue weighted by Crippen LogP contribution is 2.28. The van der Waals surface area contributed by atoms with Crippen LogP contribution in [0.3, 0.4) is 0 Å². The van der Waals surface area contributed by atoms with E-state index in [2.05, 4.69) is 10.2 Å². The van der Waals surface area contributed by atoms with E-state index in [4.69, 9.17) is 9.47 Å². The van der Waals surface area contributed by atoms with Crippen molar-refractivity contribution in [3.8, 4) is 5.75 Å². The van der Waals surface area contributed by atoms with Gasteiger partial charge in [-0.05, 0) is 44.2 Å². The average Bonchev–Trinajstić information content (AvgIpc) is 2.87. The predicted molar refractivity (Wildman–Crippen MR) is 125 cm³/mol. The third-order valence-corrected chi connectivity index (χ3v) is 7.82. The topological polar surface area (TPSA) is 71.1 Å². The Kier molecular flexibility index (Phi) is 7.16. The summed E-state index contributed by atoms with van der Waals surface area (Å²) in [5.74, 6) is 0.424. The van der Waals surface area contributed by atoms with Crippen LogP contribution < -0.4 is 10.1 Å². The van der Waals surface area contributed by atoms with Gasteiger partial charge in [-0.3, -0.25) is 14.5 Å². The fourth-order valence-electron chi connectivity index (χ4n) is 5.95. The summed E-state index contributed by atoms with van der Waals surface area (Å²) in [6, 6.07) is 7.47. The molecule has 7 heteroatoms. The number of hydrogen-bond donors (Lipinski definition) is 1. The molecule has 3 fully saturated rings. The molecule has 7 nitrogen and oxygen atoms in total. The first-order valence-corrected chi connectivity index (χ1v) is 12.9. The molecule has 1 aliphatic carbocycles. The summed E-state index contributed by atoms with van der Waals surface area (Å²) in [6.45, 7) is 3.00. The molecule has 1 aromatic carbocycles. The van der Waals surface area contributed by atoms with Crippen molar-refractivity contribution in [3.63, 3.8) is 0 Å². The first kappa shape index (κ1) is 22.7. The van der Waals surface area contributed by atoms with Crippen LogP contribution in [0.15, 0.2) is 24.3 Å². The van der Waals surface area contributed by atoms with Crippen LogP contribution in [-0.4, -0.2) is 78.7 Å². The van der Waals surface area contributed by atoms with Crippen molar-refractivity contribution in [3.05, 3.63) is 29.8 Å². The molecule has 0 unspecified atom stereocenters. The first-order valence-electron chi connectivity index (χ1n) is 12.9. The van der Waals surface area contributed by atoms with E-state index in [-0.39, 0.29) is 24.0 Å². The molecule has 4 aliphatic rings. The van der Waals surface area contributed by atoms with Crippen molar-refractivity contribution in [1.29, 1.82) is 0 Å². The molecule has 1 N–H and O–H groups in total. The molecule has 33 heavy (non-hydrogen) atoms. The van der Waals surface area contributed by atoms with E-state index in [1.54, 1.807) is 4.90 Å². The van der Waals surface area contributed by atoms with Gasteiger partial charge in [0.05, 0.1) is 24.4 Å². The molecule has 180 valence electrons. The van der Waals surface area contributed by atoms with Crippen LogP contribution in [0.2, 0.25) is 0 Å². The third kappa shape index (κ3) is 5.19. The molecule has 3 aliphatic heterocycles. The lowest BCUT2D eigenvalue weighted by molar-refractivity contribution is -0.130. The van der Waals surface area contributed by atoms with Gasteiger partial charge in [-0.15, -0.1) is 0 Å². The molecule has 1 aromatic rings. The number of rotatable bonds is 1. The molecule has 3 atom stereocenters. The van der Waals surface area contributed by atoms with Crippen LogP contribution in [0.25, 0.3) is 0 Å². The molecule has 2 bridgehead atoms. The molecule has 3 heterocycles. The fourth-order valence-corrected chi connectivity index (χ4v) is 5.95. The number of benzene rings is 1. The molecular formula is C26H37N3O4. The number of amides is 2. The maximum atomic E-state index is 13.7. The second kappa shape index (κ2) is 10.4. The van der Waals surface area contributed by atoms with Crippen LogP contribution in [-0.2, 0) is 9.53 Å². The number of carbonyl (C=O) groups excluding carboxylic acids is 2. The number of fused-ring (bicyclic) bond motifs is 4. The SMILES string of the molecule is O=C1NC[C@@H]2CCC[C@@H](CCOc3ccccc3C(=O)N3CCN(C4CCCCC4)C[C@@H]13)O2. The number of para-hydroxylation sites is 1. The minimum Gasteiger partial charge on any atom is -0.493 e. The van der Waals surface area contributed by atoms with E-state index < -0.39 is 6.04 Å². The monoisotopic (exact) mass is 455 g/mol. The smallest absolute Gasteiger partial charge is 0.258 e. The average molecular weight is 456 g/mol. The number of nitrogens with zero attached hydrogens (tertiary/aromatic N) is 2. The van der Waals surface area contributed by atoms with E-state index in [0.717, 1.165) is 32.2 Å². The summed E-state index contributed by atoms with van der Waals surface area (Å²) in [6.07, 6.45) is 10.2. The van der Waals surface area contributed by atoms with Gasteiger partial charge in [0.25, 0.3) is 5.91 Å². The number of carbonyl (C=O) groups is 2. The quantitative estimate of drug-likeness (QED) is 0.705. The van der Waals surface area contributed by atoms with Gasteiger partial charge in [0, 0.05) is 38.6 Å². The fraction of sp³-hybridized carbons (Fsp3) is 0.692. The number of hydrogen-bond acceptors (Lipinski definition) is 5. The molecule has 5 rings (SSSR count). The molecular weight excluding hydrogens is 418 g/mol. The van der Waals surface area contributed by atoms with Gasteiger partial charge in [0.2, 0.25) is 5.91 Å². The lowest BCUT2D eigenvalue weighted by Crippen LogP contribution is -2.62. The molecule has 2 saturated heterocycles. The predicted octanol–water partition coefficient (Wildman–Crippen LogP) is 2.98. The van der Waals surface area contributed by atoms with Gasteiger partial charge in [0.1, 0.15) is 11.8 Å². The van der Waals surface area contributed by atoms with Crippen LogP contribution in [0, 0.1) is 0 Å². The Morgan fingerprint density at radius 3 is 2.58 bits per heavy atom. The number of ether oxygens (including phenoxy) is 2. The molecule has 0 radical (unpaired) electrons. The van der Waals surface area contributed by atoms with Gasteiger partial charge in [-0.25, -0.2) is 0 Å². The minimum atomic E-state index is -0.497. The van der Waals surface area contributed by atoms with Crippen molar-refractivity contribution < 1.29 is 19.1 Å². The van der Waals surface area contributed by atoms with Gasteiger partial charge < -0.3 is 19.7 Å². The van der Waals surface area contributed by atoms with Gasteiger partial charge in [0.15, 0.2) is 0 Å². The number of piperazine rings is 1. The van der Waals surface area contributed by atoms with Crippen molar-refractivity contribution in [2.75, 3.05) is 32.8 Å². The minimum absolute atomic E-state index is 0.0325. The van der Waals surface area contributed by atoms with Gasteiger partial charge in [-0.2, -0.15) is 0 Å². The van der Waals surface area contributed by atoms with Gasteiger partial charge in [-0.1, -0.05) is 31.4 Å². The van der Waals surface area contributed by atoms with Gasteiger partial charge >= 0.3 is 0 Å². The van der Waals surface area contributed by atoms with Crippen molar-refractivity contribution in [2.45, 2.75) is 82.1 Å². The number of nitrogens with one attached hydrogen (secondary N) is 1. The zero-order chi connectivity index (χ0) is 22.6. The zero-order valence-electron chi connectivity index (χ0n) is 19.5. The largest absolute Gasteiger partial charge is 0.493 e. The lowest BCUT2D eigenvalue weighted by Gasteiger charge is -2.45. The van der Waals surface area contributed by atoms with Crippen LogP contribution in [0.4, 0.5) is 0 Å². The Bertz CT molecular complexity index is 841. The Labute approximate surface area is 196 Å².